The molecular formula is C9H9Br2N3OS. The fourth-order valence-corrected chi connectivity index (χ4v) is 3.94. The molecule has 0 atom stereocenters. The second-order valence-electron chi connectivity index (χ2n) is 3.03. The van der Waals surface area contributed by atoms with E-state index < -0.39 is 0 Å². The Morgan fingerprint density at radius 3 is 2.94 bits per heavy atom. The molecule has 2 rings (SSSR count). The molecule has 0 aromatic carbocycles. The molecule has 0 aliphatic rings. The lowest BCUT2D eigenvalue weighted by molar-refractivity contribution is 0.420. The van der Waals surface area contributed by atoms with Gasteiger partial charge in [0.05, 0.1) is 19.7 Å². The molecule has 0 saturated heterocycles. The summed E-state index contributed by atoms with van der Waals surface area (Å²) in [6, 6.07) is 1.96. The van der Waals surface area contributed by atoms with Crippen molar-refractivity contribution in [1.29, 1.82) is 0 Å². The summed E-state index contributed by atoms with van der Waals surface area (Å²) in [4.78, 5) is 4.31. The molecule has 0 radical (unpaired) electrons. The van der Waals surface area contributed by atoms with E-state index in [0.29, 0.717) is 18.3 Å². The lowest BCUT2D eigenvalue weighted by atomic mass is 10.3. The quantitative estimate of drug-likeness (QED) is 0.900. The predicted molar refractivity (Wildman–Crippen MR) is 70.4 cm³/mol. The van der Waals surface area contributed by atoms with E-state index in [1.807, 2.05) is 13.0 Å². The van der Waals surface area contributed by atoms with Gasteiger partial charge >= 0.3 is 0 Å². The molecule has 7 heteroatoms. The molecule has 0 spiro atoms. The molecule has 0 unspecified atom stereocenters. The SMILES string of the molecule is CCNCc1noc(-c2cc(Br)sc2Br)n1. The van der Waals surface area contributed by atoms with Crippen LogP contribution in [-0.2, 0) is 6.54 Å². The Labute approximate surface area is 114 Å². The van der Waals surface area contributed by atoms with Crippen LogP contribution in [-0.4, -0.2) is 16.7 Å². The first-order chi connectivity index (χ1) is 7.70. The van der Waals surface area contributed by atoms with Crippen LogP contribution >= 0.6 is 43.2 Å². The minimum absolute atomic E-state index is 0.543. The molecule has 0 saturated carbocycles. The van der Waals surface area contributed by atoms with Gasteiger partial charge in [0.15, 0.2) is 5.82 Å². The van der Waals surface area contributed by atoms with Crippen LogP contribution < -0.4 is 5.32 Å². The maximum Gasteiger partial charge on any atom is 0.260 e. The Morgan fingerprint density at radius 1 is 1.50 bits per heavy atom. The Kier molecular flexibility index (Phi) is 4.12. The smallest absolute Gasteiger partial charge is 0.260 e. The van der Waals surface area contributed by atoms with E-state index in [4.69, 9.17) is 4.52 Å². The molecule has 0 aliphatic carbocycles. The molecule has 0 bridgehead atoms. The monoisotopic (exact) mass is 365 g/mol. The second-order valence-corrected chi connectivity index (χ2v) is 6.78. The summed E-state index contributed by atoms with van der Waals surface area (Å²) in [5.41, 5.74) is 0.923. The maximum atomic E-state index is 5.20. The van der Waals surface area contributed by atoms with Crippen molar-refractivity contribution < 1.29 is 4.52 Å². The van der Waals surface area contributed by atoms with E-state index in [-0.39, 0.29) is 0 Å². The van der Waals surface area contributed by atoms with Crippen molar-refractivity contribution in [3.63, 3.8) is 0 Å². The van der Waals surface area contributed by atoms with E-state index in [2.05, 4.69) is 47.3 Å². The van der Waals surface area contributed by atoms with Gasteiger partial charge in [0.1, 0.15) is 0 Å². The highest BCUT2D eigenvalue weighted by atomic mass is 79.9. The Hall–Kier alpha value is -0.240. The minimum atomic E-state index is 0.543. The topological polar surface area (TPSA) is 51.0 Å². The molecule has 0 amide bonds. The van der Waals surface area contributed by atoms with Crippen molar-refractivity contribution in [2.24, 2.45) is 0 Å². The average molecular weight is 367 g/mol. The van der Waals surface area contributed by atoms with E-state index in [1.54, 1.807) is 11.3 Å². The van der Waals surface area contributed by atoms with Gasteiger partial charge in [0, 0.05) is 0 Å². The summed E-state index contributed by atoms with van der Waals surface area (Å²) in [6.07, 6.45) is 0. The number of nitrogens with one attached hydrogen (secondary N) is 1. The molecule has 86 valence electrons. The summed E-state index contributed by atoms with van der Waals surface area (Å²) in [5.74, 6) is 1.22. The van der Waals surface area contributed by atoms with E-state index in [0.717, 1.165) is 19.7 Å². The lowest BCUT2D eigenvalue weighted by Gasteiger charge is -1.92. The van der Waals surface area contributed by atoms with Crippen molar-refractivity contribution in [3.05, 3.63) is 19.5 Å². The Balaban J connectivity index is 2.21. The van der Waals surface area contributed by atoms with Gasteiger partial charge < -0.3 is 9.84 Å². The number of nitrogens with zero attached hydrogens (tertiary/aromatic N) is 2. The van der Waals surface area contributed by atoms with Crippen LogP contribution in [0.15, 0.2) is 18.2 Å². The predicted octanol–water partition coefficient (Wildman–Crippen LogP) is 3.43. The zero-order chi connectivity index (χ0) is 11.5. The van der Waals surface area contributed by atoms with Crippen molar-refractivity contribution in [2.45, 2.75) is 13.5 Å². The zero-order valence-corrected chi connectivity index (χ0v) is 12.4. The van der Waals surface area contributed by atoms with Crippen molar-refractivity contribution in [3.8, 4) is 11.5 Å². The van der Waals surface area contributed by atoms with Crippen molar-refractivity contribution in [1.82, 2.24) is 15.5 Å². The molecule has 2 aromatic heterocycles. The molecule has 16 heavy (non-hydrogen) atoms. The number of hydrogen-bond donors (Lipinski definition) is 1. The largest absolute Gasteiger partial charge is 0.334 e. The summed E-state index contributed by atoms with van der Waals surface area (Å²) >= 11 is 8.46. The highest BCUT2D eigenvalue weighted by Gasteiger charge is 2.14. The fourth-order valence-electron chi connectivity index (χ4n) is 1.16. The van der Waals surface area contributed by atoms with Gasteiger partial charge in [-0.2, -0.15) is 4.98 Å². The van der Waals surface area contributed by atoms with Gasteiger partial charge in [-0.05, 0) is 44.5 Å². The van der Waals surface area contributed by atoms with Crippen LogP contribution in [0.5, 0.6) is 0 Å². The molecule has 4 nitrogen and oxygen atoms in total. The summed E-state index contributed by atoms with van der Waals surface area (Å²) in [5, 5.41) is 7.05. The number of thiophene rings is 1. The first-order valence-electron chi connectivity index (χ1n) is 4.69. The highest BCUT2D eigenvalue weighted by molar-refractivity contribution is 9.12. The molecule has 0 fully saturated rings. The third kappa shape index (κ3) is 2.71. The zero-order valence-electron chi connectivity index (χ0n) is 8.46. The van der Waals surface area contributed by atoms with Crippen LogP contribution in [0.2, 0.25) is 0 Å². The van der Waals surface area contributed by atoms with Gasteiger partial charge in [0.2, 0.25) is 0 Å². The number of hydrogen-bond acceptors (Lipinski definition) is 5. The first-order valence-corrected chi connectivity index (χ1v) is 7.09. The number of halogens is 2. The van der Waals surface area contributed by atoms with E-state index in [9.17, 15) is 0 Å². The summed E-state index contributed by atoms with van der Waals surface area (Å²) in [7, 11) is 0. The molecular weight excluding hydrogens is 358 g/mol. The van der Waals surface area contributed by atoms with E-state index >= 15 is 0 Å². The van der Waals surface area contributed by atoms with Gasteiger partial charge in [-0.3, -0.25) is 0 Å². The average Bonchev–Trinajstić information content (AvgIpc) is 2.82. The Morgan fingerprint density at radius 2 is 2.31 bits per heavy atom. The van der Waals surface area contributed by atoms with Gasteiger partial charge in [-0.25, -0.2) is 0 Å². The molecule has 2 heterocycles. The summed E-state index contributed by atoms with van der Waals surface area (Å²) < 4.78 is 7.21. The maximum absolute atomic E-state index is 5.20. The minimum Gasteiger partial charge on any atom is -0.334 e. The van der Waals surface area contributed by atoms with Gasteiger partial charge in [-0.15, -0.1) is 11.3 Å². The van der Waals surface area contributed by atoms with Crippen molar-refractivity contribution in [2.75, 3.05) is 6.54 Å². The molecule has 2 aromatic rings. The van der Waals surface area contributed by atoms with Crippen molar-refractivity contribution >= 4 is 43.2 Å². The summed E-state index contributed by atoms with van der Waals surface area (Å²) in [6.45, 7) is 3.55. The van der Waals surface area contributed by atoms with E-state index in [1.165, 1.54) is 0 Å². The fraction of sp³-hybridized carbons (Fsp3) is 0.333. The second kappa shape index (κ2) is 5.39. The standard InChI is InChI=1S/C9H9Br2N3OS/c1-2-12-4-7-13-9(15-14-7)5-3-6(10)16-8(5)11/h3,12H,2,4H2,1H3. The Bertz CT molecular complexity index is 483. The molecule has 1 N–H and O–H groups in total. The third-order valence-electron chi connectivity index (χ3n) is 1.89. The van der Waals surface area contributed by atoms with Gasteiger partial charge in [0.25, 0.3) is 5.89 Å². The van der Waals surface area contributed by atoms with Crippen LogP contribution in [0.3, 0.4) is 0 Å². The lowest BCUT2D eigenvalue weighted by Crippen LogP contribution is -2.12. The normalized spacial score (nSPS) is 10.9. The van der Waals surface area contributed by atoms with Gasteiger partial charge in [-0.1, -0.05) is 12.1 Å². The van der Waals surface area contributed by atoms with Crippen LogP contribution in [0.25, 0.3) is 11.5 Å². The van der Waals surface area contributed by atoms with Crippen LogP contribution in [0.1, 0.15) is 12.7 Å². The third-order valence-corrected chi connectivity index (χ3v) is 4.23. The number of rotatable bonds is 4. The van der Waals surface area contributed by atoms with Crippen LogP contribution in [0, 0.1) is 0 Å². The van der Waals surface area contributed by atoms with Crippen LogP contribution in [0.4, 0.5) is 0 Å². The highest BCUT2D eigenvalue weighted by Crippen LogP contribution is 2.37. The molecule has 0 aliphatic heterocycles. The first kappa shape index (κ1) is 12.2. The number of aromatic nitrogens is 2.